The summed E-state index contributed by atoms with van der Waals surface area (Å²) in [6, 6.07) is 23.6. The smallest absolute Gasteiger partial charge is 0.341 e. The SMILES string of the molecule is O=C(O)COc1ccc(-c2ccc(CNC(=O)c3cccnc3Oc3ccc4nsnc4c3)cc2)cc1. The van der Waals surface area contributed by atoms with Crippen molar-refractivity contribution < 1.29 is 24.2 Å². The average molecular weight is 513 g/mol. The van der Waals surface area contributed by atoms with Gasteiger partial charge in [-0.1, -0.05) is 36.4 Å². The van der Waals surface area contributed by atoms with Gasteiger partial charge in [0.25, 0.3) is 5.91 Å². The van der Waals surface area contributed by atoms with Gasteiger partial charge < -0.3 is 19.9 Å². The van der Waals surface area contributed by atoms with Crippen LogP contribution in [-0.2, 0) is 11.3 Å². The fourth-order valence-corrected chi connectivity index (χ4v) is 4.08. The van der Waals surface area contributed by atoms with Gasteiger partial charge in [-0.3, -0.25) is 4.79 Å². The van der Waals surface area contributed by atoms with Gasteiger partial charge in [-0.15, -0.1) is 0 Å². The van der Waals surface area contributed by atoms with Crippen molar-refractivity contribution in [3.05, 3.63) is 96.2 Å². The normalized spacial score (nSPS) is 10.7. The summed E-state index contributed by atoms with van der Waals surface area (Å²) in [4.78, 5) is 27.8. The number of carbonyl (C=O) groups is 2. The van der Waals surface area contributed by atoms with Crippen LogP contribution in [0.2, 0.25) is 0 Å². The van der Waals surface area contributed by atoms with Crippen molar-refractivity contribution in [3.63, 3.8) is 0 Å². The molecular formula is C27H20N4O5S. The summed E-state index contributed by atoms with van der Waals surface area (Å²) >= 11 is 1.12. The number of carbonyl (C=O) groups excluding carboxylic acids is 1. The molecule has 1 amide bonds. The Labute approximate surface area is 215 Å². The van der Waals surface area contributed by atoms with Crippen molar-refractivity contribution in [2.45, 2.75) is 6.54 Å². The van der Waals surface area contributed by atoms with Gasteiger partial charge in [0.05, 0.1) is 11.7 Å². The van der Waals surface area contributed by atoms with Crippen LogP contribution in [0, 0.1) is 0 Å². The van der Waals surface area contributed by atoms with Crippen molar-refractivity contribution >= 4 is 34.6 Å². The molecule has 10 heteroatoms. The molecule has 0 saturated heterocycles. The lowest BCUT2D eigenvalue weighted by atomic mass is 10.0. The third-order valence-electron chi connectivity index (χ3n) is 5.41. The first kappa shape index (κ1) is 23.9. The number of carboxylic acids is 1. The average Bonchev–Trinajstić information content (AvgIpc) is 3.39. The van der Waals surface area contributed by atoms with E-state index in [2.05, 4.69) is 19.0 Å². The van der Waals surface area contributed by atoms with E-state index >= 15 is 0 Å². The first-order valence-electron chi connectivity index (χ1n) is 11.2. The van der Waals surface area contributed by atoms with Gasteiger partial charge in [0.15, 0.2) is 6.61 Å². The zero-order valence-corrected chi connectivity index (χ0v) is 20.1. The van der Waals surface area contributed by atoms with Crippen LogP contribution >= 0.6 is 11.7 Å². The molecule has 37 heavy (non-hydrogen) atoms. The number of hydrogen-bond acceptors (Lipinski definition) is 8. The number of carboxylic acid groups (broad SMARTS) is 1. The second kappa shape index (κ2) is 10.8. The minimum Gasteiger partial charge on any atom is -0.482 e. The van der Waals surface area contributed by atoms with Crippen molar-refractivity contribution in [3.8, 4) is 28.5 Å². The molecule has 0 atom stereocenters. The molecule has 5 rings (SSSR count). The molecule has 184 valence electrons. The predicted molar refractivity (Wildman–Crippen MR) is 138 cm³/mol. The summed E-state index contributed by atoms with van der Waals surface area (Å²) in [7, 11) is 0. The number of fused-ring (bicyclic) bond motifs is 1. The Kier molecular flexibility index (Phi) is 7.00. The first-order chi connectivity index (χ1) is 18.0. The van der Waals surface area contributed by atoms with Crippen LogP contribution in [-0.4, -0.2) is 37.3 Å². The summed E-state index contributed by atoms with van der Waals surface area (Å²) < 4.78 is 19.4. The Hall–Kier alpha value is -4.83. The van der Waals surface area contributed by atoms with E-state index in [0.29, 0.717) is 23.6 Å². The van der Waals surface area contributed by atoms with Gasteiger partial charge >= 0.3 is 5.97 Å². The molecule has 2 aromatic heterocycles. The number of nitrogens with one attached hydrogen (secondary N) is 1. The summed E-state index contributed by atoms with van der Waals surface area (Å²) in [5.41, 5.74) is 4.68. The van der Waals surface area contributed by atoms with Gasteiger partial charge in [-0.25, -0.2) is 9.78 Å². The highest BCUT2D eigenvalue weighted by molar-refractivity contribution is 7.00. The van der Waals surface area contributed by atoms with Crippen molar-refractivity contribution in [1.29, 1.82) is 0 Å². The molecular weight excluding hydrogens is 492 g/mol. The summed E-state index contributed by atoms with van der Waals surface area (Å²) in [5.74, 6) is -0.116. The number of amides is 1. The van der Waals surface area contributed by atoms with Gasteiger partial charge in [0, 0.05) is 18.8 Å². The van der Waals surface area contributed by atoms with Crippen molar-refractivity contribution in [1.82, 2.24) is 19.0 Å². The molecule has 0 aliphatic rings. The van der Waals surface area contributed by atoms with E-state index in [9.17, 15) is 9.59 Å². The second-order valence-electron chi connectivity index (χ2n) is 7.96. The van der Waals surface area contributed by atoms with E-state index in [-0.39, 0.29) is 18.4 Å². The maximum absolute atomic E-state index is 12.9. The van der Waals surface area contributed by atoms with E-state index < -0.39 is 5.97 Å². The van der Waals surface area contributed by atoms with Crippen LogP contribution in [0.25, 0.3) is 22.2 Å². The largest absolute Gasteiger partial charge is 0.482 e. The molecule has 0 bridgehead atoms. The molecule has 2 N–H and O–H groups in total. The van der Waals surface area contributed by atoms with Crippen LogP contribution in [0.4, 0.5) is 0 Å². The highest BCUT2D eigenvalue weighted by Gasteiger charge is 2.15. The lowest BCUT2D eigenvalue weighted by Gasteiger charge is -2.11. The number of pyridine rings is 1. The van der Waals surface area contributed by atoms with E-state index in [1.165, 1.54) is 0 Å². The van der Waals surface area contributed by atoms with Crippen LogP contribution < -0.4 is 14.8 Å². The number of rotatable bonds is 9. The lowest BCUT2D eigenvalue weighted by molar-refractivity contribution is -0.139. The van der Waals surface area contributed by atoms with Crippen LogP contribution in [0.5, 0.6) is 17.4 Å². The third-order valence-corrected chi connectivity index (χ3v) is 5.97. The molecule has 2 heterocycles. The molecule has 5 aromatic rings. The standard InChI is InChI=1S/C27H20N4O5S/c32-25(33)16-35-20-9-7-19(8-10-20)18-5-3-17(4-6-18)15-29-26(34)22-2-1-13-28-27(22)36-21-11-12-23-24(14-21)31-37-30-23/h1-14H,15-16H2,(H,29,34)(H,32,33). The number of hydrogen-bond donors (Lipinski definition) is 2. The summed E-state index contributed by atoms with van der Waals surface area (Å²) in [6.45, 7) is -0.0572. The fourth-order valence-electron chi connectivity index (χ4n) is 3.56. The Bertz CT molecular complexity index is 1550. The fraction of sp³-hybridized carbons (Fsp3) is 0.0741. The molecule has 0 saturated carbocycles. The molecule has 0 aliphatic heterocycles. The highest BCUT2D eigenvalue weighted by Crippen LogP contribution is 2.26. The van der Waals surface area contributed by atoms with Gasteiger partial charge in [0.2, 0.25) is 5.88 Å². The third kappa shape index (κ3) is 5.88. The Morgan fingerprint density at radius 2 is 1.57 bits per heavy atom. The van der Waals surface area contributed by atoms with Gasteiger partial charge in [0.1, 0.15) is 28.1 Å². The Morgan fingerprint density at radius 1 is 0.865 bits per heavy atom. The number of benzene rings is 3. The van der Waals surface area contributed by atoms with Crippen molar-refractivity contribution in [2.24, 2.45) is 0 Å². The predicted octanol–water partition coefficient (Wildman–Crippen LogP) is 4.94. The summed E-state index contributed by atoms with van der Waals surface area (Å²) in [6.07, 6.45) is 1.57. The Morgan fingerprint density at radius 3 is 2.32 bits per heavy atom. The lowest BCUT2D eigenvalue weighted by Crippen LogP contribution is -2.23. The monoisotopic (exact) mass is 512 g/mol. The zero-order valence-electron chi connectivity index (χ0n) is 19.3. The maximum Gasteiger partial charge on any atom is 0.341 e. The minimum atomic E-state index is -1.02. The van der Waals surface area contributed by atoms with E-state index in [1.54, 1.807) is 42.6 Å². The number of nitrogens with zero attached hydrogens (tertiary/aromatic N) is 3. The molecule has 0 radical (unpaired) electrons. The molecule has 3 aromatic carbocycles. The number of aromatic nitrogens is 3. The van der Waals surface area contributed by atoms with E-state index in [4.69, 9.17) is 14.6 Å². The number of aliphatic carboxylic acids is 1. The van der Waals surface area contributed by atoms with Crippen LogP contribution in [0.3, 0.4) is 0 Å². The van der Waals surface area contributed by atoms with E-state index in [0.717, 1.165) is 39.5 Å². The highest BCUT2D eigenvalue weighted by atomic mass is 32.1. The summed E-state index contributed by atoms with van der Waals surface area (Å²) in [5, 5.41) is 11.6. The van der Waals surface area contributed by atoms with Gasteiger partial charge in [-0.05, 0) is 53.1 Å². The maximum atomic E-state index is 12.9. The van der Waals surface area contributed by atoms with Crippen LogP contribution in [0.15, 0.2) is 85.1 Å². The van der Waals surface area contributed by atoms with E-state index in [1.807, 2.05) is 42.5 Å². The molecule has 9 nitrogen and oxygen atoms in total. The number of ether oxygens (including phenoxy) is 2. The first-order valence-corrected chi connectivity index (χ1v) is 12.0. The molecule has 0 unspecified atom stereocenters. The van der Waals surface area contributed by atoms with Crippen molar-refractivity contribution in [2.75, 3.05) is 6.61 Å². The Balaban J connectivity index is 1.21. The van der Waals surface area contributed by atoms with Gasteiger partial charge in [-0.2, -0.15) is 8.75 Å². The molecule has 0 spiro atoms. The second-order valence-corrected chi connectivity index (χ2v) is 8.49. The zero-order chi connectivity index (χ0) is 25.6. The minimum absolute atomic E-state index is 0.202. The quantitative estimate of drug-likeness (QED) is 0.285. The van der Waals surface area contributed by atoms with Crippen LogP contribution in [0.1, 0.15) is 15.9 Å². The molecule has 0 aliphatic carbocycles. The topological polar surface area (TPSA) is 124 Å². The molecule has 0 fully saturated rings.